The number of nitrogens with one attached hydrogen (secondary N) is 1. The van der Waals surface area contributed by atoms with E-state index in [1.165, 1.54) is 6.42 Å². The van der Waals surface area contributed by atoms with Crippen molar-refractivity contribution in [3.05, 3.63) is 0 Å². The first-order valence-corrected chi connectivity index (χ1v) is 5.19. The number of amides is 1. The molecule has 0 bridgehead atoms. The number of piperidine rings is 1. The van der Waals surface area contributed by atoms with Gasteiger partial charge in [0, 0.05) is 12.5 Å². The third kappa shape index (κ3) is 0.866. The molecule has 1 saturated heterocycles. The van der Waals surface area contributed by atoms with E-state index in [1.807, 2.05) is 0 Å². The molecule has 2 rings (SSSR count). The zero-order valence-electron chi connectivity index (χ0n) is 8.98. The van der Waals surface area contributed by atoms with E-state index in [0.29, 0.717) is 11.5 Å². The SMILES string of the molecule is CC1CC2(C)CC(=O)NC(C)C12C. The first-order chi connectivity index (χ1) is 5.90. The van der Waals surface area contributed by atoms with E-state index >= 15 is 0 Å². The molecule has 1 N–H and O–H groups in total. The summed E-state index contributed by atoms with van der Waals surface area (Å²) in [6.45, 7) is 9.04. The lowest BCUT2D eigenvalue weighted by Gasteiger charge is -2.66. The Hall–Kier alpha value is -0.530. The molecule has 1 saturated carbocycles. The molecule has 0 spiro atoms. The topological polar surface area (TPSA) is 29.1 Å². The van der Waals surface area contributed by atoms with Gasteiger partial charge in [-0.1, -0.05) is 20.8 Å². The van der Waals surface area contributed by atoms with Gasteiger partial charge in [0.2, 0.25) is 5.91 Å². The molecular formula is C11H19NO. The molecule has 0 aromatic rings. The van der Waals surface area contributed by atoms with E-state index in [4.69, 9.17) is 0 Å². The maximum absolute atomic E-state index is 11.4. The second-order valence-corrected chi connectivity index (χ2v) is 5.41. The number of carbonyl (C=O) groups is 1. The average molecular weight is 181 g/mol. The Labute approximate surface area is 80.1 Å². The highest BCUT2D eigenvalue weighted by atomic mass is 16.1. The van der Waals surface area contributed by atoms with E-state index in [0.717, 1.165) is 12.3 Å². The van der Waals surface area contributed by atoms with Crippen LogP contribution in [0.4, 0.5) is 0 Å². The maximum Gasteiger partial charge on any atom is 0.220 e. The minimum absolute atomic E-state index is 0.236. The van der Waals surface area contributed by atoms with E-state index in [1.54, 1.807) is 0 Å². The highest BCUT2D eigenvalue weighted by Gasteiger charge is 2.63. The Morgan fingerprint density at radius 2 is 2.00 bits per heavy atom. The molecule has 1 aliphatic heterocycles. The first-order valence-electron chi connectivity index (χ1n) is 5.19. The molecule has 0 aromatic heterocycles. The largest absolute Gasteiger partial charge is 0.353 e. The smallest absolute Gasteiger partial charge is 0.220 e. The molecular weight excluding hydrogens is 162 g/mol. The van der Waals surface area contributed by atoms with E-state index in [9.17, 15) is 4.79 Å². The predicted molar refractivity (Wildman–Crippen MR) is 52.2 cm³/mol. The van der Waals surface area contributed by atoms with Crippen molar-refractivity contribution >= 4 is 5.91 Å². The van der Waals surface area contributed by atoms with Gasteiger partial charge < -0.3 is 5.32 Å². The van der Waals surface area contributed by atoms with Crippen LogP contribution in [-0.2, 0) is 4.79 Å². The Morgan fingerprint density at radius 3 is 2.46 bits per heavy atom. The summed E-state index contributed by atoms with van der Waals surface area (Å²) < 4.78 is 0. The standard InChI is InChI=1S/C11H19NO/c1-7-5-10(3)6-9(13)12-8(2)11(7,10)4/h7-8H,5-6H2,1-4H3,(H,12,13). The van der Waals surface area contributed by atoms with Crippen LogP contribution in [-0.4, -0.2) is 11.9 Å². The fraction of sp³-hybridized carbons (Fsp3) is 0.909. The highest BCUT2D eigenvalue weighted by molar-refractivity contribution is 5.78. The number of fused-ring (bicyclic) bond motifs is 1. The molecule has 0 aromatic carbocycles. The van der Waals surface area contributed by atoms with Gasteiger partial charge in [0.1, 0.15) is 0 Å². The van der Waals surface area contributed by atoms with Gasteiger partial charge in [0.25, 0.3) is 0 Å². The van der Waals surface area contributed by atoms with Crippen molar-refractivity contribution < 1.29 is 4.79 Å². The summed E-state index contributed by atoms with van der Waals surface area (Å²) in [5.41, 5.74) is 0.578. The van der Waals surface area contributed by atoms with Crippen LogP contribution < -0.4 is 5.32 Å². The van der Waals surface area contributed by atoms with Crippen LogP contribution in [0.3, 0.4) is 0 Å². The zero-order chi connectivity index (χ0) is 9.85. The lowest BCUT2D eigenvalue weighted by Crippen LogP contribution is -2.68. The fourth-order valence-electron chi connectivity index (χ4n) is 3.58. The molecule has 2 heteroatoms. The van der Waals surface area contributed by atoms with Crippen molar-refractivity contribution in [1.29, 1.82) is 0 Å². The van der Waals surface area contributed by atoms with E-state index in [2.05, 4.69) is 33.0 Å². The van der Waals surface area contributed by atoms with Crippen molar-refractivity contribution in [2.75, 3.05) is 0 Å². The monoisotopic (exact) mass is 181 g/mol. The summed E-state index contributed by atoms with van der Waals surface area (Å²) in [7, 11) is 0. The van der Waals surface area contributed by atoms with E-state index < -0.39 is 0 Å². The molecule has 1 heterocycles. The molecule has 4 unspecified atom stereocenters. The van der Waals surface area contributed by atoms with Gasteiger partial charge in [0.15, 0.2) is 0 Å². The van der Waals surface area contributed by atoms with Crippen molar-refractivity contribution in [3.63, 3.8) is 0 Å². The first kappa shape index (κ1) is 9.04. The summed E-state index contributed by atoms with van der Waals surface area (Å²) in [6.07, 6.45) is 1.93. The molecule has 2 aliphatic rings. The molecule has 2 nitrogen and oxygen atoms in total. The van der Waals surface area contributed by atoms with Gasteiger partial charge >= 0.3 is 0 Å². The lowest BCUT2D eigenvalue weighted by atomic mass is 9.41. The van der Waals surface area contributed by atoms with Crippen LogP contribution in [0.5, 0.6) is 0 Å². The third-order valence-electron chi connectivity index (χ3n) is 4.91. The second kappa shape index (κ2) is 2.28. The van der Waals surface area contributed by atoms with Crippen LogP contribution in [0.15, 0.2) is 0 Å². The molecule has 2 fully saturated rings. The Kier molecular flexibility index (Phi) is 1.59. The van der Waals surface area contributed by atoms with Crippen molar-refractivity contribution in [2.45, 2.75) is 46.6 Å². The minimum atomic E-state index is 0.236. The quantitative estimate of drug-likeness (QED) is 0.608. The molecule has 74 valence electrons. The van der Waals surface area contributed by atoms with Gasteiger partial charge in [-0.15, -0.1) is 0 Å². The number of hydrogen-bond donors (Lipinski definition) is 1. The van der Waals surface area contributed by atoms with Gasteiger partial charge in [-0.3, -0.25) is 4.79 Å². The number of hydrogen-bond acceptors (Lipinski definition) is 1. The van der Waals surface area contributed by atoms with Gasteiger partial charge in [0.05, 0.1) is 0 Å². The summed E-state index contributed by atoms with van der Waals surface area (Å²) in [4.78, 5) is 11.4. The minimum Gasteiger partial charge on any atom is -0.353 e. The number of rotatable bonds is 0. The highest BCUT2D eigenvalue weighted by Crippen LogP contribution is 2.65. The van der Waals surface area contributed by atoms with Crippen molar-refractivity contribution in [1.82, 2.24) is 5.32 Å². The van der Waals surface area contributed by atoms with Crippen molar-refractivity contribution in [2.24, 2.45) is 16.7 Å². The average Bonchev–Trinajstić information content (AvgIpc) is 2.00. The molecule has 4 atom stereocenters. The molecule has 1 aliphatic carbocycles. The molecule has 1 amide bonds. The van der Waals surface area contributed by atoms with Gasteiger partial charge in [-0.25, -0.2) is 0 Å². The summed E-state index contributed by atoms with van der Waals surface area (Å²) in [5, 5.41) is 3.07. The van der Waals surface area contributed by atoms with Crippen LogP contribution in [0, 0.1) is 16.7 Å². The van der Waals surface area contributed by atoms with E-state index in [-0.39, 0.29) is 11.3 Å². The summed E-state index contributed by atoms with van der Waals surface area (Å²) in [6, 6.07) is 0.336. The van der Waals surface area contributed by atoms with Crippen molar-refractivity contribution in [3.8, 4) is 0 Å². The third-order valence-corrected chi connectivity index (χ3v) is 4.91. The normalized spacial score (nSPS) is 54.9. The fourth-order valence-corrected chi connectivity index (χ4v) is 3.58. The van der Waals surface area contributed by atoms with Gasteiger partial charge in [-0.05, 0) is 30.1 Å². The second-order valence-electron chi connectivity index (χ2n) is 5.41. The number of carbonyl (C=O) groups excluding carboxylic acids is 1. The Bertz CT molecular complexity index is 263. The van der Waals surface area contributed by atoms with Crippen LogP contribution in [0.25, 0.3) is 0 Å². The van der Waals surface area contributed by atoms with Crippen LogP contribution >= 0.6 is 0 Å². The Balaban J connectivity index is 2.32. The Morgan fingerprint density at radius 1 is 1.38 bits per heavy atom. The maximum atomic E-state index is 11.4. The zero-order valence-corrected chi connectivity index (χ0v) is 8.98. The lowest BCUT2D eigenvalue weighted by molar-refractivity contribution is -0.173. The van der Waals surface area contributed by atoms with Crippen LogP contribution in [0.1, 0.15) is 40.5 Å². The summed E-state index contributed by atoms with van der Waals surface area (Å²) in [5.74, 6) is 0.979. The predicted octanol–water partition coefficient (Wildman–Crippen LogP) is 1.95. The van der Waals surface area contributed by atoms with Crippen LogP contribution in [0.2, 0.25) is 0 Å². The summed E-state index contributed by atoms with van der Waals surface area (Å²) >= 11 is 0. The molecule has 0 radical (unpaired) electrons. The molecule has 13 heavy (non-hydrogen) atoms. The van der Waals surface area contributed by atoms with Gasteiger partial charge in [-0.2, -0.15) is 0 Å².